The molecule has 0 spiro atoms. The molecule has 22 heavy (non-hydrogen) atoms. The fourth-order valence-electron chi connectivity index (χ4n) is 2.13. The maximum absolute atomic E-state index is 13.1. The molecule has 1 unspecified atom stereocenters. The molecule has 0 saturated heterocycles. The Balaban J connectivity index is 0.00000242. The van der Waals surface area contributed by atoms with E-state index in [1.165, 1.54) is 0 Å². The Morgan fingerprint density at radius 3 is 1.95 bits per heavy atom. The molecule has 0 radical (unpaired) electrons. The number of anilines is 2. The number of hydrogen-bond donors (Lipinski definition) is 3. The number of halogens is 4. The second-order valence-corrected chi connectivity index (χ2v) is 4.94. The Kier molecular flexibility index (Phi) is 5.32. The van der Waals surface area contributed by atoms with E-state index in [0.717, 1.165) is 6.07 Å². The van der Waals surface area contributed by atoms with E-state index in [-0.39, 0.29) is 23.7 Å². The van der Waals surface area contributed by atoms with Crippen molar-refractivity contribution in [1.29, 1.82) is 0 Å². The minimum Gasteiger partial charge on any atom is -0.399 e. The van der Waals surface area contributed by atoms with Gasteiger partial charge in [0.15, 0.2) is 0 Å². The summed E-state index contributed by atoms with van der Waals surface area (Å²) in [6, 6.07) is 8.60. The predicted octanol–water partition coefficient (Wildman–Crippen LogP) is 3.98. The van der Waals surface area contributed by atoms with Gasteiger partial charge in [-0.25, -0.2) is 0 Å². The minimum atomic E-state index is -4.53. The van der Waals surface area contributed by atoms with Crippen LogP contribution in [0.3, 0.4) is 0 Å². The summed E-state index contributed by atoms with van der Waals surface area (Å²) in [6.45, 7) is 1.60. The van der Waals surface area contributed by atoms with Crippen molar-refractivity contribution in [2.75, 3.05) is 11.5 Å². The maximum atomic E-state index is 13.1. The van der Waals surface area contributed by atoms with Crippen LogP contribution in [0.15, 0.2) is 36.4 Å². The van der Waals surface area contributed by atoms with Crippen molar-refractivity contribution < 1.29 is 13.2 Å². The molecule has 0 bridgehead atoms. The van der Waals surface area contributed by atoms with Crippen LogP contribution in [0.2, 0.25) is 0 Å². The maximum Gasteiger partial charge on any atom is 0.418 e. The number of nitrogen functional groups attached to an aromatic ring is 2. The van der Waals surface area contributed by atoms with Crippen LogP contribution in [0.1, 0.15) is 24.1 Å². The molecule has 3 nitrogen and oxygen atoms in total. The van der Waals surface area contributed by atoms with Gasteiger partial charge in [-0.3, -0.25) is 0 Å². The van der Waals surface area contributed by atoms with Crippen LogP contribution in [0.25, 0.3) is 11.1 Å². The third-order valence-electron chi connectivity index (χ3n) is 3.25. The van der Waals surface area contributed by atoms with Crippen LogP contribution in [0.4, 0.5) is 24.5 Å². The summed E-state index contributed by atoms with van der Waals surface area (Å²) in [5.74, 6) is 0. The monoisotopic (exact) mass is 331 g/mol. The second kappa shape index (κ2) is 6.46. The average molecular weight is 332 g/mol. The smallest absolute Gasteiger partial charge is 0.399 e. The molecule has 0 heterocycles. The largest absolute Gasteiger partial charge is 0.418 e. The highest BCUT2D eigenvalue weighted by Crippen LogP contribution is 2.39. The molecule has 0 aliphatic heterocycles. The Hall–Kier alpha value is -1.92. The van der Waals surface area contributed by atoms with Gasteiger partial charge in [0, 0.05) is 17.4 Å². The molecule has 0 fully saturated rings. The van der Waals surface area contributed by atoms with E-state index >= 15 is 0 Å². The van der Waals surface area contributed by atoms with E-state index < -0.39 is 17.8 Å². The number of benzene rings is 2. The lowest BCUT2D eigenvalue weighted by Crippen LogP contribution is -2.15. The van der Waals surface area contributed by atoms with Crippen LogP contribution in [-0.2, 0) is 6.18 Å². The summed E-state index contributed by atoms with van der Waals surface area (Å²) in [5, 5.41) is 0. The fraction of sp³-hybridized carbons (Fsp3) is 0.200. The Morgan fingerprint density at radius 2 is 1.50 bits per heavy atom. The molecule has 6 N–H and O–H groups in total. The lowest BCUT2D eigenvalue weighted by molar-refractivity contribution is -0.136. The van der Waals surface area contributed by atoms with Gasteiger partial charge < -0.3 is 17.2 Å². The zero-order valence-corrected chi connectivity index (χ0v) is 12.6. The fourth-order valence-corrected chi connectivity index (χ4v) is 2.13. The Bertz CT molecular complexity index is 652. The molecule has 7 heteroatoms. The first-order valence-corrected chi connectivity index (χ1v) is 6.32. The Labute approximate surface area is 132 Å². The van der Waals surface area contributed by atoms with Gasteiger partial charge >= 0.3 is 6.18 Å². The van der Waals surface area contributed by atoms with E-state index in [9.17, 15) is 13.2 Å². The summed E-state index contributed by atoms with van der Waals surface area (Å²) in [7, 11) is 0. The minimum absolute atomic E-state index is 0. The highest BCUT2D eigenvalue weighted by molar-refractivity contribution is 5.85. The van der Waals surface area contributed by atoms with Gasteiger partial charge in [0.2, 0.25) is 0 Å². The van der Waals surface area contributed by atoms with E-state index in [1.54, 1.807) is 37.3 Å². The summed E-state index contributed by atoms with van der Waals surface area (Å²) < 4.78 is 39.3. The van der Waals surface area contributed by atoms with Gasteiger partial charge in [0.25, 0.3) is 0 Å². The summed E-state index contributed by atoms with van der Waals surface area (Å²) in [5.41, 5.74) is 17.6. The van der Waals surface area contributed by atoms with E-state index in [4.69, 9.17) is 17.2 Å². The molecular weight excluding hydrogens is 315 g/mol. The third-order valence-corrected chi connectivity index (χ3v) is 3.25. The van der Waals surface area contributed by atoms with Gasteiger partial charge in [0.05, 0.1) is 5.56 Å². The zero-order valence-electron chi connectivity index (χ0n) is 11.8. The van der Waals surface area contributed by atoms with Gasteiger partial charge in [-0.05, 0) is 47.9 Å². The highest BCUT2D eigenvalue weighted by Gasteiger charge is 2.34. The van der Waals surface area contributed by atoms with Gasteiger partial charge in [-0.2, -0.15) is 13.2 Å². The van der Waals surface area contributed by atoms with Crippen LogP contribution < -0.4 is 17.2 Å². The van der Waals surface area contributed by atoms with Crippen molar-refractivity contribution in [2.24, 2.45) is 5.73 Å². The number of rotatable bonds is 2. The first kappa shape index (κ1) is 18.1. The summed E-state index contributed by atoms with van der Waals surface area (Å²) >= 11 is 0. The molecular formula is C15H17ClF3N3. The lowest BCUT2D eigenvalue weighted by Gasteiger charge is -2.18. The quantitative estimate of drug-likeness (QED) is 0.728. The third kappa shape index (κ3) is 3.64. The van der Waals surface area contributed by atoms with Crippen molar-refractivity contribution in [3.8, 4) is 11.1 Å². The Morgan fingerprint density at radius 1 is 0.955 bits per heavy atom. The van der Waals surface area contributed by atoms with Crippen LogP contribution in [0, 0.1) is 0 Å². The molecule has 1 atom stereocenters. The van der Waals surface area contributed by atoms with E-state index in [2.05, 4.69) is 0 Å². The molecule has 0 aliphatic rings. The van der Waals surface area contributed by atoms with Gasteiger partial charge in [-0.15, -0.1) is 12.4 Å². The topological polar surface area (TPSA) is 78.1 Å². The zero-order chi connectivity index (χ0) is 15.8. The highest BCUT2D eigenvalue weighted by atomic mass is 35.5. The molecule has 2 rings (SSSR count). The van der Waals surface area contributed by atoms with Crippen molar-refractivity contribution in [3.63, 3.8) is 0 Å². The van der Waals surface area contributed by atoms with E-state index in [1.807, 2.05) is 0 Å². The molecule has 2 aromatic carbocycles. The number of nitrogens with two attached hydrogens (primary N) is 3. The van der Waals surface area contributed by atoms with E-state index in [0.29, 0.717) is 16.8 Å². The van der Waals surface area contributed by atoms with Crippen LogP contribution in [0.5, 0.6) is 0 Å². The number of hydrogen-bond acceptors (Lipinski definition) is 3. The average Bonchev–Trinajstić information content (AvgIpc) is 2.38. The first-order valence-electron chi connectivity index (χ1n) is 6.32. The van der Waals surface area contributed by atoms with Crippen molar-refractivity contribution in [3.05, 3.63) is 47.5 Å². The molecule has 0 aliphatic carbocycles. The van der Waals surface area contributed by atoms with Crippen molar-refractivity contribution >= 4 is 23.8 Å². The van der Waals surface area contributed by atoms with Gasteiger partial charge in [-0.1, -0.05) is 12.1 Å². The summed E-state index contributed by atoms with van der Waals surface area (Å²) in [4.78, 5) is 0. The predicted molar refractivity (Wildman–Crippen MR) is 85.6 cm³/mol. The van der Waals surface area contributed by atoms with Gasteiger partial charge in [0.1, 0.15) is 0 Å². The standard InChI is InChI=1S/C15H16F3N3.ClH/c1-8(19)12-6-10(9-2-4-11(20)5-3-9)7-13(14(12)21)15(16,17)18;/h2-8H,19-21H2,1H3;1H. The molecule has 2 aromatic rings. The molecule has 120 valence electrons. The summed E-state index contributed by atoms with van der Waals surface area (Å²) in [6.07, 6.45) is -4.53. The first-order chi connectivity index (χ1) is 9.70. The van der Waals surface area contributed by atoms with Crippen molar-refractivity contribution in [2.45, 2.75) is 19.1 Å². The molecule has 0 aromatic heterocycles. The van der Waals surface area contributed by atoms with Crippen LogP contribution in [-0.4, -0.2) is 0 Å². The normalized spacial score (nSPS) is 12.6. The lowest BCUT2D eigenvalue weighted by atomic mass is 9.94. The van der Waals surface area contributed by atoms with Crippen LogP contribution >= 0.6 is 12.4 Å². The molecule has 0 saturated carbocycles. The second-order valence-electron chi connectivity index (χ2n) is 4.94. The SMILES string of the molecule is CC(N)c1cc(-c2ccc(N)cc2)cc(C(F)(F)F)c1N.Cl. The number of alkyl halides is 3. The molecule has 0 amide bonds. The van der Waals surface area contributed by atoms with Crippen molar-refractivity contribution in [1.82, 2.24) is 0 Å².